The van der Waals surface area contributed by atoms with Crippen LogP contribution >= 0.6 is 23.2 Å². The molecule has 2 aromatic heterocycles. The average molecular weight is 443 g/mol. The fourth-order valence-corrected chi connectivity index (χ4v) is 3.94. The Hall–Kier alpha value is -2.80. The van der Waals surface area contributed by atoms with Crippen molar-refractivity contribution in [3.63, 3.8) is 0 Å². The molecule has 4 aromatic rings. The van der Waals surface area contributed by atoms with E-state index in [9.17, 15) is 10.0 Å². The van der Waals surface area contributed by atoms with E-state index < -0.39 is 5.91 Å². The largest absolute Gasteiger partial charge is 0.489 e. The highest BCUT2D eigenvalue weighted by Gasteiger charge is 2.27. The second kappa shape index (κ2) is 7.47. The number of aromatic nitrogens is 1. The van der Waals surface area contributed by atoms with E-state index in [4.69, 9.17) is 32.4 Å². The van der Waals surface area contributed by atoms with Crippen LogP contribution in [0.5, 0.6) is 5.75 Å². The van der Waals surface area contributed by atoms with Crippen molar-refractivity contribution in [1.29, 1.82) is 0 Å². The van der Waals surface area contributed by atoms with Crippen molar-refractivity contribution >= 4 is 56.7 Å². The molecule has 0 spiro atoms. The summed E-state index contributed by atoms with van der Waals surface area (Å²) < 4.78 is 12.0. The van der Waals surface area contributed by atoms with Crippen LogP contribution in [0.4, 0.5) is 5.69 Å². The molecule has 0 bridgehead atoms. The molecule has 1 fully saturated rings. The number of furan rings is 1. The second-order valence-electron chi connectivity index (χ2n) is 7.24. The number of amides is 1. The number of fused-ring (bicyclic) bond motifs is 3. The molecule has 1 amide bonds. The van der Waals surface area contributed by atoms with E-state index in [1.807, 2.05) is 24.3 Å². The standard InChI is InChI=1S/C22H16Cl2N2O4/c23-15-9-25-10-16(24)20(15)26(28)22(27)14-7-8-18(29-11-12-5-6-12)21-19(14)13-3-1-2-4-17(13)30-21/h1-4,7-10,12,28H,5-6,11H2. The van der Waals surface area contributed by atoms with Gasteiger partial charge in [-0.15, -0.1) is 0 Å². The number of hydrogen-bond donors (Lipinski definition) is 1. The van der Waals surface area contributed by atoms with E-state index in [0.29, 0.717) is 39.9 Å². The molecule has 6 nitrogen and oxygen atoms in total. The maximum Gasteiger partial charge on any atom is 0.282 e. The average Bonchev–Trinajstić information content (AvgIpc) is 3.49. The number of halogens is 2. The van der Waals surface area contributed by atoms with Crippen LogP contribution in [0.25, 0.3) is 21.9 Å². The monoisotopic (exact) mass is 442 g/mol. The van der Waals surface area contributed by atoms with Gasteiger partial charge < -0.3 is 9.15 Å². The molecule has 5 rings (SSSR count). The summed E-state index contributed by atoms with van der Waals surface area (Å²) in [5.74, 6) is 0.430. The minimum absolute atomic E-state index is 0.0339. The van der Waals surface area contributed by atoms with Gasteiger partial charge in [-0.3, -0.25) is 15.0 Å². The maximum atomic E-state index is 13.2. The lowest BCUT2D eigenvalue weighted by Gasteiger charge is -2.18. The van der Waals surface area contributed by atoms with Crippen LogP contribution in [0.15, 0.2) is 53.2 Å². The van der Waals surface area contributed by atoms with E-state index >= 15 is 0 Å². The Labute approximate surface area is 181 Å². The number of rotatable bonds is 5. The molecule has 1 saturated carbocycles. The van der Waals surface area contributed by atoms with Gasteiger partial charge in [0.05, 0.1) is 22.2 Å². The molecule has 0 atom stereocenters. The minimum Gasteiger partial charge on any atom is -0.489 e. The zero-order valence-electron chi connectivity index (χ0n) is 15.6. The number of ether oxygens (including phenoxy) is 1. The number of pyridine rings is 1. The number of anilines is 1. The summed E-state index contributed by atoms with van der Waals surface area (Å²) in [4.78, 5) is 17.1. The van der Waals surface area contributed by atoms with Crippen LogP contribution in [0.1, 0.15) is 23.2 Å². The number of nitrogens with zero attached hydrogens (tertiary/aromatic N) is 2. The smallest absolute Gasteiger partial charge is 0.282 e. The van der Waals surface area contributed by atoms with Gasteiger partial charge in [-0.05, 0) is 37.0 Å². The van der Waals surface area contributed by atoms with Gasteiger partial charge >= 0.3 is 0 Å². The van der Waals surface area contributed by atoms with Crippen molar-refractivity contribution in [2.75, 3.05) is 11.7 Å². The van der Waals surface area contributed by atoms with Crippen molar-refractivity contribution in [2.24, 2.45) is 5.92 Å². The SMILES string of the molecule is O=C(c1ccc(OCC2CC2)c2oc3ccccc3c12)N(O)c1c(Cl)cncc1Cl. The van der Waals surface area contributed by atoms with Crippen LogP contribution in [0, 0.1) is 5.92 Å². The van der Waals surface area contributed by atoms with E-state index in [1.165, 1.54) is 12.4 Å². The van der Waals surface area contributed by atoms with Crippen molar-refractivity contribution < 1.29 is 19.2 Å². The van der Waals surface area contributed by atoms with Gasteiger partial charge in [0.1, 0.15) is 11.3 Å². The van der Waals surface area contributed by atoms with Gasteiger partial charge in [0.25, 0.3) is 5.91 Å². The lowest BCUT2D eigenvalue weighted by Crippen LogP contribution is -2.27. The van der Waals surface area contributed by atoms with Gasteiger partial charge in [0.2, 0.25) is 0 Å². The predicted octanol–water partition coefficient (Wildman–Crippen LogP) is 6.11. The van der Waals surface area contributed by atoms with Crippen LogP contribution in [0.2, 0.25) is 10.0 Å². The van der Waals surface area contributed by atoms with Gasteiger partial charge in [0, 0.05) is 23.2 Å². The first-order valence-electron chi connectivity index (χ1n) is 9.44. The predicted molar refractivity (Wildman–Crippen MR) is 115 cm³/mol. The number of carbonyl (C=O) groups excluding carboxylic acids is 1. The summed E-state index contributed by atoms with van der Waals surface area (Å²) in [6.07, 6.45) is 4.92. The summed E-state index contributed by atoms with van der Waals surface area (Å²) in [6.45, 7) is 0.605. The molecule has 0 aliphatic heterocycles. The fraction of sp³-hybridized carbons (Fsp3) is 0.182. The van der Waals surface area contributed by atoms with Gasteiger partial charge in [-0.2, -0.15) is 5.06 Å². The topological polar surface area (TPSA) is 75.8 Å². The summed E-state index contributed by atoms with van der Waals surface area (Å²) in [7, 11) is 0. The van der Waals surface area contributed by atoms with Crippen LogP contribution < -0.4 is 9.80 Å². The highest BCUT2D eigenvalue weighted by atomic mass is 35.5. The normalized spacial score (nSPS) is 13.7. The van der Waals surface area contributed by atoms with Crippen LogP contribution in [-0.4, -0.2) is 22.7 Å². The van der Waals surface area contributed by atoms with E-state index in [1.54, 1.807) is 12.1 Å². The van der Waals surface area contributed by atoms with Gasteiger partial charge in [-0.1, -0.05) is 41.4 Å². The van der Waals surface area contributed by atoms with E-state index in [2.05, 4.69) is 4.98 Å². The van der Waals surface area contributed by atoms with Crippen molar-refractivity contribution in [3.8, 4) is 5.75 Å². The molecular weight excluding hydrogens is 427 g/mol. The van der Waals surface area contributed by atoms with Crippen molar-refractivity contribution in [1.82, 2.24) is 4.98 Å². The van der Waals surface area contributed by atoms with Crippen LogP contribution in [0.3, 0.4) is 0 Å². The quantitative estimate of drug-likeness (QED) is 0.297. The first-order valence-corrected chi connectivity index (χ1v) is 10.2. The number of carbonyl (C=O) groups is 1. The number of hydrogen-bond acceptors (Lipinski definition) is 5. The Morgan fingerprint density at radius 3 is 2.63 bits per heavy atom. The lowest BCUT2D eigenvalue weighted by atomic mass is 10.0. The Kier molecular flexibility index (Phi) is 4.77. The first-order chi connectivity index (χ1) is 14.5. The lowest BCUT2D eigenvalue weighted by molar-refractivity contribution is 0.0856. The summed E-state index contributed by atoms with van der Waals surface area (Å²) in [5.41, 5.74) is 1.28. The molecule has 0 saturated heterocycles. The first kappa shape index (κ1) is 19.2. The molecule has 30 heavy (non-hydrogen) atoms. The molecule has 1 aliphatic rings. The molecule has 2 aromatic carbocycles. The summed E-state index contributed by atoms with van der Waals surface area (Å²) in [5, 5.41) is 12.5. The highest BCUT2D eigenvalue weighted by molar-refractivity contribution is 6.40. The van der Waals surface area contributed by atoms with Crippen molar-refractivity contribution in [3.05, 3.63) is 64.4 Å². The maximum absolute atomic E-state index is 13.2. The zero-order valence-corrected chi connectivity index (χ0v) is 17.2. The Balaban J connectivity index is 1.65. The molecule has 1 aliphatic carbocycles. The number of hydroxylamine groups is 1. The third-order valence-electron chi connectivity index (χ3n) is 5.12. The third kappa shape index (κ3) is 3.27. The Morgan fingerprint density at radius 2 is 1.90 bits per heavy atom. The molecule has 2 heterocycles. The molecule has 8 heteroatoms. The number of para-hydroxylation sites is 1. The highest BCUT2D eigenvalue weighted by Crippen LogP contribution is 2.40. The summed E-state index contributed by atoms with van der Waals surface area (Å²) in [6, 6.07) is 10.7. The molecule has 152 valence electrons. The van der Waals surface area contributed by atoms with E-state index in [-0.39, 0.29) is 21.3 Å². The minimum atomic E-state index is -0.699. The van der Waals surface area contributed by atoms with Crippen LogP contribution in [-0.2, 0) is 0 Å². The Morgan fingerprint density at radius 1 is 1.17 bits per heavy atom. The molecule has 0 unspecified atom stereocenters. The molecule has 0 radical (unpaired) electrons. The fourth-order valence-electron chi connectivity index (χ4n) is 3.41. The summed E-state index contributed by atoms with van der Waals surface area (Å²) >= 11 is 12.2. The van der Waals surface area contributed by atoms with Gasteiger partial charge in [-0.25, -0.2) is 0 Å². The third-order valence-corrected chi connectivity index (χ3v) is 5.68. The molecule has 1 N–H and O–H groups in total. The molecular formula is C22H16Cl2N2O4. The van der Waals surface area contributed by atoms with Crippen molar-refractivity contribution in [2.45, 2.75) is 12.8 Å². The Bertz CT molecular complexity index is 1260. The van der Waals surface area contributed by atoms with Gasteiger partial charge in [0.15, 0.2) is 11.3 Å². The zero-order chi connectivity index (χ0) is 20.8. The van der Waals surface area contributed by atoms with E-state index in [0.717, 1.165) is 18.2 Å². The second-order valence-corrected chi connectivity index (χ2v) is 8.05. The number of benzene rings is 2.